The van der Waals surface area contributed by atoms with Gasteiger partial charge < -0.3 is 4.90 Å². The maximum absolute atomic E-state index is 12.7. The van der Waals surface area contributed by atoms with Crippen LogP contribution < -0.4 is 10.0 Å². The smallest absolute Gasteiger partial charge is 0.280 e. The molecule has 0 radical (unpaired) electrons. The van der Waals surface area contributed by atoms with Gasteiger partial charge in [-0.3, -0.25) is 24.5 Å². The average molecular weight is 485 g/mol. The second kappa shape index (κ2) is 8.50. The van der Waals surface area contributed by atoms with Gasteiger partial charge in [0.25, 0.3) is 15.9 Å². The third kappa shape index (κ3) is 4.55. The van der Waals surface area contributed by atoms with Gasteiger partial charge in [-0.05, 0) is 37.7 Å². The van der Waals surface area contributed by atoms with Crippen molar-refractivity contribution in [3.05, 3.63) is 54.2 Å². The summed E-state index contributed by atoms with van der Waals surface area (Å²) < 4.78 is 30.0. The Kier molecular flexibility index (Phi) is 5.52. The number of anilines is 2. The van der Waals surface area contributed by atoms with E-state index < -0.39 is 10.0 Å². The predicted molar refractivity (Wildman–Crippen MR) is 124 cm³/mol. The van der Waals surface area contributed by atoms with Crippen LogP contribution in [0.3, 0.4) is 0 Å². The molecule has 0 saturated carbocycles. The summed E-state index contributed by atoms with van der Waals surface area (Å²) in [4.78, 5) is 27.0. The summed E-state index contributed by atoms with van der Waals surface area (Å²) in [7, 11) is -1.81. The molecule has 170 valence electrons. The molecule has 1 aliphatic rings. The highest BCUT2D eigenvalue weighted by molar-refractivity contribution is 7.92. The van der Waals surface area contributed by atoms with Crippen LogP contribution in [0.4, 0.5) is 10.8 Å². The Morgan fingerprint density at radius 2 is 2.06 bits per heavy atom. The van der Waals surface area contributed by atoms with Crippen molar-refractivity contribution in [2.24, 2.45) is 0 Å². The molecule has 5 rings (SSSR count). The fraction of sp³-hybridized carbons (Fsp3) is 0.250. The fourth-order valence-corrected chi connectivity index (χ4v) is 5.41. The number of thiazole rings is 1. The largest absolute Gasteiger partial charge is 0.300 e. The number of hydrogen-bond acceptors (Lipinski definition) is 9. The van der Waals surface area contributed by atoms with Gasteiger partial charge in [0, 0.05) is 32.0 Å². The van der Waals surface area contributed by atoms with E-state index in [1.165, 1.54) is 29.9 Å². The minimum absolute atomic E-state index is 0.174. The molecule has 0 atom stereocenters. The van der Waals surface area contributed by atoms with E-state index in [1.807, 2.05) is 17.8 Å². The van der Waals surface area contributed by atoms with Crippen LogP contribution in [0.2, 0.25) is 0 Å². The van der Waals surface area contributed by atoms with E-state index in [2.05, 4.69) is 35.0 Å². The summed E-state index contributed by atoms with van der Waals surface area (Å²) in [5.74, 6) is -0.333. The SMILES string of the molecule is CN1CCCn2nc(C(=O)Nc3nc4ccc(NS(=O)(=O)c5cnccn5)cc4s3)cc2C1. The first-order valence-electron chi connectivity index (χ1n) is 10.1. The summed E-state index contributed by atoms with van der Waals surface area (Å²) in [5.41, 5.74) is 2.35. The van der Waals surface area contributed by atoms with Gasteiger partial charge in [0.2, 0.25) is 0 Å². The normalized spacial score (nSPS) is 14.6. The molecule has 4 aromatic rings. The molecule has 1 aliphatic heterocycles. The van der Waals surface area contributed by atoms with Gasteiger partial charge in [-0.25, -0.2) is 9.97 Å². The second-order valence-corrected chi connectivity index (χ2v) is 10.3. The fourth-order valence-electron chi connectivity index (χ4n) is 3.57. The van der Waals surface area contributed by atoms with Gasteiger partial charge in [0.1, 0.15) is 0 Å². The van der Waals surface area contributed by atoms with Gasteiger partial charge in [-0.2, -0.15) is 13.5 Å². The molecule has 0 unspecified atom stereocenters. The third-order valence-corrected chi connectivity index (χ3v) is 7.31. The average Bonchev–Trinajstić information content (AvgIpc) is 3.32. The van der Waals surface area contributed by atoms with Gasteiger partial charge in [-0.1, -0.05) is 11.3 Å². The van der Waals surface area contributed by atoms with Crippen molar-refractivity contribution in [1.82, 2.24) is 29.6 Å². The van der Waals surface area contributed by atoms with Gasteiger partial charge in [0.15, 0.2) is 15.9 Å². The molecule has 2 N–H and O–H groups in total. The summed E-state index contributed by atoms with van der Waals surface area (Å²) in [6, 6.07) is 6.75. The summed E-state index contributed by atoms with van der Waals surface area (Å²) >= 11 is 1.25. The highest BCUT2D eigenvalue weighted by Gasteiger charge is 2.20. The Bertz CT molecular complexity index is 1430. The maximum atomic E-state index is 12.7. The van der Waals surface area contributed by atoms with Gasteiger partial charge in [-0.15, -0.1) is 0 Å². The van der Waals surface area contributed by atoms with E-state index in [9.17, 15) is 13.2 Å². The third-order valence-electron chi connectivity index (χ3n) is 5.11. The van der Waals surface area contributed by atoms with Gasteiger partial charge >= 0.3 is 0 Å². The van der Waals surface area contributed by atoms with Crippen molar-refractivity contribution in [2.75, 3.05) is 23.6 Å². The van der Waals surface area contributed by atoms with Crippen LogP contribution >= 0.6 is 11.3 Å². The van der Waals surface area contributed by atoms with Crippen molar-refractivity contribution < 1.29 is 13.2 Å². The number of aromatic nitrogens is 5. The lowest BCUT2D eigenvalue weighted by molar-refractivity contribution is 0.102. The molecule has 0 spiro atoms. The lowest BCUT2D eigenvalue weighted by atomic mass is 10.3. The molecule has 11 nitrogen and oxygen atoms in total. The molecule has 33 heavy (non-hydrogen) atoms. The first kappa shape index (κ1) is 21.4. The van der Waals surface area contributed by atoms with Crippen LogP contribution in [-0.4, -0.2) is 57.5 Å². The Morgan fingerprint density at radius 3 is 2.88 bits per heavy atom. The highest BCUT2D eigenvalue weighted by atomic mass is 32.2. The Balaban J connectivity index is 1.33. The monoisotopic (exact) mass is 484 g/mol. The lowest BCUT2D eigenvalue weighted by Crippen LogP contribution is -2.17. The van der Waals surface area contributed by atoms with E-state index in [0.717, 1.165) is 31.7 Å². The molecule has 1 amide bonds. The Hall–Kier alpha value is -3.42. The molecule has 0 fully saturated rings. The van der Waals surface area contributed by atoms with Crippen LogP contribution in [0.15, 0.2) is 47.9 Å². The van der Waals surface area contributed by atoms with Crippen LogP contribution in [0, 0.1) is 0 Å². The summed E-state index contributed by atoms with van der Waals surface area (Å²) in [5, 5.41) is 7.48. The van der Waals surface area contributed by atoms with Crippen molar-refractivity contribution in [3.8, 4) is 0 Å². The first-order chi connectivity index (χ1) is 15.9. The molecular weight excluding hydrogens is 464 g/mol. The zero-order valence-corrected chi connectivity index (χ0v) is 19.2. The number of hydrogen-bond donors (Lipinski definition) is 2. The quantitative estimate of drug-likeness (QED) is 0.440. The molecular formula is C20H20N8O3S2. The second-order valence-electron chi connectivity index (χ2n) is 7.64. The molecule has 0 bridgehead atoms. The highest BCUT2D eigenvalue weighted by Crippen LogP contribution is 2.29. The Labute approximate surface area is 193 Å². The zero-order valence-electron chi connectivity index (χ0n) is 17.6. The van der Waals surface area contributed by atoms with E-state index in [0.29, 0.717) is 26.7 Å². The molecule has 3 aromatic heterocycles. The number of aryl methyl sites for hydroxylation is 1. The van der Waals surface area contributed by atoms with Crippen molar-refractivity contribution in [2.45, 2.75) is 24.5 Å². The minimum atomic E-state index is -3.86. The molecule has 0 aliphatic carbocycles. The zero-order chi connectivity index (χ0) is 23.0. The first-order valence-corrected chi connectivity index (χ1v) is 12.4. The molecule has 13 heteroatoms. The summed E-state index contributed by atoms with van der Waals surface area (Å²) in [6.45, 7) is 2.52. The van der Waals surface area contributed by atoms with Crippen molar-refractivity contribution in [1.29, 1.82) is 0 Å². The van der Waals surface area contributed by atoms with E-state index in [-0.39, 0.29) is 10.9 Å². The van der Waals surface area contributed by atoms with Crippen LogP contribution in [0.1, 0.15) is 22.6 Å². The van der Waals surface area contributed by atoms with E-state index in [4.69, 9.17) is 0 Å². The number of nitrogens with zero attached hydrogens (tertiary/aromatic N) is 6. The number of fused-ring (bicyclic) bond motifs is 2. The number of rotatable bonds is 5. The molecule has 0 saturated heterocycles. The molecule has 1 aromatic carbocycles. The minimum Gasteiger partial charge on any atom is -0.300 e. The molecule has 4 heterocycles. The van der Waals surface area contributed by atoms with Crippen molar-refractivity contribution >= 4 is 48.3 Å². The van der Waals surface area contributed by atoms with Crippen molar-refractivity contribution in [3.63, 3.8) is 0 Å². The number of amides is 1. The Morgan fingerprint density at radius 1 is 1.18 bits per heavy atom. The number of benzene rings is 1. The predicted octanol–water partition coefficient (Wildman–Crippen LogP) is 2.17. The van der Waals surface area contributed by atoms with E-state index in [1.54, 1.807) is 18.2 Å². The van der Waals surface area contributed by atoms with E-state index >= 15 is 0 Å². The number of nitrogens with one attached hydrogen (secondary N) is 2. The number of carbonyl (C=O) groups excluding carboxylic acids is 1. The van der Waals surface area contributed by atoms with Gasteiger partial charge in [0.05, 0.1) is 27.8 Å². The van der Waals surface area contributed by atoms with Crippen LogP contribution in [0.25, 0.3) is 10.2 Å². The topological polar surface area (TPSA) is 135 Å². The number of sulfonamides is 1. The number of carbonyl (C=O) groups is 1. The van der Waals surface area contributed by atoms with Crippen LogP contribution in [0.5, 0.6) is 0 Å². The maximum Gasteiger partial charge on any atom is 0.280 e. The van der Waals surface area contributed by atoms with Crippen LogP contribution in [-0.2, 0) is 23.1 Å². The summed E-state index contributed by atoms with van der Waals surface area (Å²) in [6.07, 6.45) is 4.87. The standard InChI is InChI=1S/C20H20N8O3S2/c1-27-7-2-8-28-14(12-27)10-16(25-28)19(29)24-20-23-15-4-3-13(9-17(15)32-20)26-33(30,31)18-11-21-5-6-22-18/h3-6,9-11,26H,2,7-8,12H2,1H3,(H,23,24,29). The lowest BCUT2D eigenvalue weighted by Gasteiger charge is -2.10.